The van der Waals surface area contributed by atoms with Gasteiger partial charge in [0.05, 0.1) is 6.10 Å². The predicted molar refractivity (Wildman–Crippen MR) is 82.9 cm³/mol. The van der Waals surface area contributed by atoms with Crippen molar-refractivity contribution in [1.82, 2.24) is 15.0 Å². The maximum atomic E-state index is 5.58. The van der Waals surface area contributed by atoms with E-state index in [1.807, 2.05) is 7.05 Å². The van der Waals surface area contributed by atoms with Gasteiger partial charge in [0, 0.05) is 32.8 Å². The van der Waals surface area contributed by atoms with Crippen molar-refractivity contribution in [3.8, 4) is 0 Å². The summed E-state index contributed by atoms with van der Waals surface area (Å²) in [6.07, 6.45) is 4.69. The van der Waals surface area contributed by atoms with Crippen LogP contribution in [0.1, 0.15) is 32.6 Å². The third-order valence-electron chi connectivity index (χ3n) is 4.05. The molecule has 2 aliphatic heterocycles. The monoisotopic (exact) mass is 292 g/mol. The summed E-state index contributed by atoms with van der Waals surface area (Å²) < 4.78 is 5.58. The van der Waals surface area contributed by atoms with Crippen LogP contribution in [0.4, 0.5) is 17.8 Å². The molecule has 3 rings (SSSR count). The predicted octanol–water partition coefficient (Wildman–Crippen LogP) is 1.49. The van der Waals surface area contributed by atoms with Crippen LogP contribution < -0.4 is 15.5 Å². The van der Waals surface area contributed by atoms with Gasteiger partial charge in [-0.25, -0.2) is 0 Å². The average Bonchev–Trinajstić information content (AvgIpc) is 3.01. The average molecular weight is 292 g/mol. The Morgan fingerprint density at radius 2 is 1.90 bits per heavy atom. The minimum absolute atomic E-state index is 0.292. The normalized spacial score (nSPS) is 25.9. The summed E-state index contributed by atoms with van der Waals surface area (Å²) in [7, 11) is 1.84. The van der Waals surface area contributed by atoms with E-state index in [-0.39, 0.29) is 0 Å². The van der Waals surface area contributed by atoms with E-state index in [9.17, 15) is 0 Å². The quantitative estimate of drug-likeness (QED) is 0.870. The van der Waals surface area contributed by atoms with Crippen molar-refractivity contribution in [3.05, 3.63) is 0 Å². The number of aromatic nitrogens is 3. The lowest BCUT2D eigenvalue weighted by Gasteiger charge is -2.28. The molecule has 21 heavy (non-hydrogen) atoms. The van der Waals surface area contributed by atoms with E-state index in [1.54, 1.807) is 0 Å². The Kier molecular flexibility index (Phi) is 4.38. The number of nitrogens with zero attached hydrogens (tertiary/aromatic N) is 4. The molecule has 0 aliphatic carbocycles. The maximum Gasteiger partial charge on any atom is 0.231 e. The van der Waals surface area contributed by atoms with E-state index >= 15 is 0 Å². The standard InChI is InChI=1S/C14H24N6O/c1-10-9-11(5-8-21-10)16-13-17-12(15-2)18-14(19-13)20-6-3-4-7-20/h10-11H,3-9H2,1-2H3,(H2,15,16,17,18,19). The molecule has 0 saturated carbocycles. The van der Waals surface area contributed by atoms with E-state index < -0.39 is 0 Å². The van der Waals surface area contributed by atoms with E-state index in [1.165, 1.54) is 12.8 Å². The summed E-state index contributed by atoms with van der Waals surface area (Å²) in [5.74, 6) is 2.05. The van der Waals surface area contributed by atoms with Gasteiger partial charge in [-0.1, -0.05) is 0 Å². The Balaban J connectivity index is 1.75. The van der Waals surface area contributed by atoms with Crippen molar-refractivity contribution in [2.45, 2.75) is 44.8 Å². The molecule has 7 heteroatoms. The molecule has 0 amide bonds. The number of hydrogen-bond acceptors (Lipinski definition) is 7. The Bertz CT molecular complexity index is 477. The van der Waals surface area contributed by atoms with Crippen molar-refractivity contribution in [1.29, 1.82) is 0 Å². The zero-order valence-electron chi connectivity index (χ0n) is 12.8. The van der Waals surface area contributed by atoms with Gasteiger partial charge in [-0.15, -0.1) is 0 Å². The lowest BCUT2D eigenvalue weighted by atomic mass is 10.0. The van der Waals surface area contributed by atoms with Gasteiger partial charge in [0.25, 0.3) is 0 Å². The molecule has 1 aromatic rings. The molecule has 2 atom stereocenters. The fourth-order valence-electron chi connectivity index (χ4n) is 2.91. The van der Waals surface area contributed by atoms with Crippen LogP contribution in [0.2, 0.25) is 0 Å². The highest BCUT2D eigenvalue weighted by atomic mass is 16.5. The van der Waals surface area contributed by atoms with Gasteiger partial charge >= 0.3 is 0 Å². The Labute approximate surface area is 125 Å². The summed E-state index contributed by atoms with van der Waals surface area (Å²) in [4.78, 5) is 15.7. The second kappa shape index (κ2) is 6.43. The van der Waals surface area contributed by atoms with Crippen molar-refractivity contribution in [2.75, 3.05) is 42.3 Å². The zero-order chi connectivity index (χ0) is 14.7. The first-order valence-electron chi connectivity index (χ1n) is 7.81. The fourth-order valence-corrected chi connectivity index (χ4v) is 2.91. The molecule has 2 fully saturated rings. The minimum atomic E-state index is 0.292. The molecule has 116 valence electrons. The lowest BCUT2D eigenvalue weighted by Crippen LogP contribution is -2.33. The second-order valence-electron chi connectivity index (χ2n) is 5.77. The molecule has 2 unspecified atom stereocenters. The summed E-state index contributed by atoms with van der Waals surface area (Å²) in [6.45, 7) is 4.96. The van der Waals surface area contributed by atoms with E-state index in [0.717, 1.165) is 38.5 Å². The Hall–Kier alpha value is -1.63. The van der Waals surface area contributed by atoms with Crippen molar-refractivity contribution in [2.24, 2.45) is 0 Å². The van der Waals surface area contributed by atoms with Crippen molar-refractivity contribution in [3.63, 3.8) is 0 Å². The second-order valence-corrected chi connectivity index (χ2v) is 5.77. The molecule has 3 heterocycles. The Morgan fingerprint density at radius 1 is 1.14 bits per heavy atom. The molecular formula is C14H24N6O. The molecule has 0 spiro atoms. The third kappa shape index (κ3) is 3.53. The first kappa shape index (κ1) is 14.3. The summed E-state index contributed by atoms with van der Waals surface area (Å²) in [5.41, 5.74) is 0. The first-order chi connectivity index (χ1) is 10.2. The zero-order valence-corrected chi connectivity index (χ0v) is 12.8. The minimum Gasteiger partial charge on any atom is -0.378 e. The van der Waals surface area contributed by atoms with Crippen LogP contribution in [0.15, 0.2) is 0 Å². The molecule has 2 N–H and O–H groups in total. The molecule has 7 nitrogen and oxygen atoms in total. The van der Waals surface area contributed by atoms with E-state index in [0.29, 0.717) is 24.0 Å². The first-order valence-corrected chi connectivity index (χ1v) is 7.81. The van der Waals surface area contributed by atoms with Gasteiger partial charge in [0.15, 0.2) is 0 Å². The molecule has 1 aromatic heterocycles. The molecular weight excluding hydrogens is 268 g/mol. The van der Waals surface area contributed by atoms with Gasteiger partial charge in [-0.05, 0) is 32.6 Å². The molecule has 0 aromatic carbocycles. The highest BCUT2D eigenvalue weighted by molar-refractivity contribution is 5.44. The van der Waals surface area contributed by atoms with Crippen LogP contribution in [-0.4, -0.2) is 53.8 Å². The number of rotatable bonds is 4. The van der Waals surface area contributed by atoms with Crippen LogP contribution in [0, 0.1) is 0 Å². The molecule has 0 bridgehead atoms. The van der Waals surface area contributed by atoms with Crippen LogP contribution >= 0.6 is 0 Å². The highest BCUT2D eigenvalue weighted by Crippen LogP contribution is 2.21. The summed E-state index contributed by atoms with van der Waals surface area (Å²) >= 11 is 0. The third-order valence-corrected chi connectivity index (χ3v) is 4.05. The molecule has 2 saturated heterocycles. The van der Waals surface area contributed by atoms with Gasteiger partial charge in [-0.3, -0.25) is 0 Å². The van der Waals surface area contributed by atoms with Crippen molar-refractivity contribution < 1.29 is 4.74 Å². The Morgan fingerprint density at radius 3 is 2.62 bits per heavy atom. The van der Waals surface area contributed by atoms with Crippen LogP contribution in [0.3, 0.4) is 0 Å². The van der Waals surface area contributed by atoms with Crippen LogP contribution in [0.25, 0.3) is 0 Å². The molecule has 2 aliphatic rings. The van der Waals surface area contributed by atoms with Crippen LogP contribution in [0.5, 0.6) is 0 Å². The van der Waals surface area contributed by atoms with Crippen LogP contribution in [-0.2, 0) is 4.74 Å². The maximum absolute atomic E-state index is 5.58. The fraction of sp³-hybridized carbons (Fsp3) is 0.786. The van der Waals surface area contributed by atoms with Gasteiger partial charge in [0.1, 0.15) is 0 Å². The lowest BCUT2D eigenvalue weighted by molar-refractivity contribution is 0.0231. The van der Waals surface area contributed by atoms with Gasteiger partial charge in [-0.2, -0.15) is 15.0 Å². The highest BCUT2D eigenvalue weighted by Gasteiger charge is 2.22. The van der Waals surface area contributed by atoms with Gasteiger partial charge < -0.3 is 20.3 Å². The topological polar surface area (TPSA) is 75.2 Å². The smallest absolute Gasteiger partial charge is 0.231 e. The summed E-state index contributed by atoms with van der Waals surface area (Å²) in [5, 5.41) is 6.46. The number of anilines is 3. The molecule has 0 radical (unpaired) electrons. The van der Waals surface area contributed by atoms with Crippen molar-refractivity contribution >= 4 is 17.8 Å². The largest absolute Gasteiger partial charge is 0.378 e. The SMILES string of the molecule is CNc1nc(NC2CCOC(C)C2)nc(N2CCCC2)n1. The van der Waals surface area contributed by atoms with Gasteiger partial charge in [0.2, 0.25) is 17.8 Å². The number of ether oxygens (including phenoxy) is 1. The summed E-state index contributed by atoms with van der Waals surface area (Å²) in [6, 6.07) is 0.368. The van der Waals surface area contributed by atoms with E-state index in [2.05, 4.69) is 37.4 Å². The number of hydrogen-bond donors (Lipinski definition) is 2. The number of nitrogens with one attached hydrogen (secondary N) is 2. The van der Waals surface area contributed by atoms with E-state index in [4.69, 9.17) is 4.74 Å².